The van der Waals surface area contributed by atoms with Crippen LogP contribution in [0.15, 0.2) is 0 Å². The maximum Gasteiger partial charge on any atom is 0.178 e. The zero-order chi connectivity index (χ0) is 9.07. The first-order chi connectivity index (χ1) is 4.81. The fourth-order valence-electron chi connectivity index (χ4n) is 0.761. The van der Waals surface area contributed by atoms with Gasteiger partial charge in [-0.2, -0.15) is 0 Å². The molecule has 0 aromatic heterocycles. The maximum absolute atomic E-state index is 11.2. The molecule has 1 atom stereocenters. The predicted octanol–water partition coefficient (Wildman–Crippen LogP) is 1.37. The van der Waals surface area contributed by atoms with Crippen molar-refractivity contribution >= 4 is 17.0 Å². The van der Waals surface area contributed by atoms with E-state index in [4.69, 9.17) is 0 Å². The van der Waals surface area contributed by atoms with Crippen LogP contribution in [0.1, 0.15) is 27.7 Å². The second kappa shape index (κ2) is 4.12. The number of hydrogen-bond donors (Lipinski definition) is 0. The minimum atomic E-state index is -0.969. The van der Waals surface area contributed by atoms with Crippen molar-refractivity contribution in [1.82, 2.24) is 0 Å². The third-order valence-corrected chi connectivity index (χ3v) is 2.87. The van der Waals surface area contributed by atoms with E-state index in [0.717, 1.165) is 0 Å². The minimum absolute atomic E-state index is 0.00702. The Hall–Kier alpha value is -0.0200. The molecule has 1 unspecified atom stereocenters. The normalized spacial score (nSPS) is 14.6. The van der Waals surface area contributed by atoms with Crippen LogP contribution in [0.25, 0.3) is 0 Å². The average molecular weight is 176 g/mol. The molecule has 0 amide bonds. The lowest BCUT2D eigenvalue weighted by Crippen LogP contribution is -2.25. The Labute approximate surface area is 71.5 Å². The Bertz CT molecular complexity index is 138. The van der Waals surface area contributed by atoms with Gasteiger partial charge in [-0.25, -0.2) is 0 Å². The van der Waals surface area contributed by atoms with Gasteiger partial charge in [-0.05, 0) is 18.1 Å². The first kappa shape index (κ1) is 11.0. The van der Waals surface area contributed by atoms with E-state index in [-0.39, 0.29) is 17.0 Å². The summed E-state index contributed by atoms with van der Waals surface area (Å²) in [6.45, 7) is 7.53. The molecule has 0 aromatic rings. The molecule has 0 saturated carbocycles. The third-order valence-electron chi connectivity index (χ3n) is 0.958. The van der Waals surface area contributed by atoms with E-state index in [1.54, 1.807) is 0 Å². The average Bonchev–Trinajstić information content (AvgIpc) is 1.53. The molecule has 66 valence electrons. The highest BCUT2D eigenvalue weighted by molar-refractivity contribution is 7.92. The zero-order valence-corrected chi connectivity index (χ0v) is 8.46. The predicted molar refractivity (Wildman–Crippen MR) is 48.0 cm³/mol. The quantitative estimate of drug-likeness (QED) is 0.609. The number of Topliss-reactive ketones (excluding diaryl/α,β-unsaturated/α-hetero) is 1. The lowest BCUT2D eigenvalue weighted by Gasteiger charge is -2.19. The van der Waals surface area contributed by atoms with Gasteiger partial charge in [0, 0.05) is 5.41 Å². The van der Waals surface area contributed by atoms with Crippen LogP contribution in [-0.4, -0.2) is 21.8 Å². The molecule has 0 saturated heterocycles. The molecule has 11 heavy (non-hydrogen) atoms. The molecule has 0 aliphatic carbocycles. The molecule has 0 heterocycles. The summed E-state index contributed by atoms with van der Waals surface area (Å²) in [4.78, 5) is 10.5. The van der Waals surface area contributed by atoms with Gasteiger partial charge in [-0.1, -0.05) is 20.8 Å². The molecular weight excluding hydrogens is 160 g/mol. The fraction of sp³-hybridized carbons (Fsp3) is 0.875. The summed E-state index contributed by atoms with van der Waals surface area (Å²) in [7, 11) is 0. The van der Waals surface area contributed by atoms with Crippen molar-refractivity contribution in [2.75, 3.05) is 11.5 Å². The van der Waals surface area contributed by atoms with Crippen molar-refractivity contribution < 1.29 is 9.35 Å². The second-order valence-electron chi connectivity index (χ2n) is 3.99. The van der Waals surface area contributed by atoms with E-state index in [1.807, 2.05) is 20.8 Å². The number of ketones is 1. The van der Waals surface area contributed by atoms with E-state index < -0.39 is 11.2 Å². The van der Waals surface area contributed by atoms with Crippen molar-refractivity contribution in [3.05, 3.63) is 0 Å². The lowest BCUT2D eigenvalue weighted by atomic mass is 10.0. The van der Waals surface area contributed by atoms with Gasteiger partial charge in [0.2, 0.25) is 0 Å². The summed E-state index contributed by atoms with van der Waals surface area (Å²) in [5.74, 6) is 0.816. The smallest absolute Gasteiger partial charge is 0.178 e. The molecule has 2 nitrogen and oxygen atoms in total. The van der Waals surface area contributed by atoms with Crippen molar-refractivity contribution in [2.24, 2.45) is 5.41 Å². The molecule has 3 heteroatoms. The number of rotatable bonds is 3. The first-order valence-electron chi connectivity index (χ1n) is 3.66. The number of hydrogen-bond acceptors (Lipinski definition) is 2. The summed E-state index contributed by atoms with van der Waals surface area (Å²) >= 11 is -0.969. The highest BCUT2D eigenvalue weighted by Crippen LogP contribution is 2.16. The van der Waals surface area contributed by atoms with Crippen molar-refractivity contribution in [3.8, 4) is 0 Å². The fourth-order valence-corrected chi connectivity index (χ4v) is 2.28. The molecule has 0 spiro atoms. The lowest BCUT2D eigenvalue weighted by molar-refractivity contribution is -0.114. The highest BCUT2D eigenvalue weighted by atomic mass is 32.2. The SMILES string of the molecule is CC(=O)C[S+]([O-])CC(C)(C)C. The Kier molecular flexibility index (Phi) is 4.11. The van der Waals surface area contributed by atoms with Crippen molar-refractivity contribution in [2.45, 2.75) is 27.7 Å². The molecule has 0 bridgehead atoms. The molecule has 0 aliphatic heterocycles. The van der Waals surface area contributed by atoms with E-state index in [1.165, 1.54) is 6.92 Å². The van der Waals surface area contributed by atoms with Crippen LogP contribution < -0.4 is 0 Å². The first-order valence-corrected chi connectivity index (χ1v) is 5.14. The molecule has 0 fully saturated rings. The van der Waals surface area contributed by atoms with Crippen molar-refractivity contribution in [3.63, 3.8) is 0 Å². The van der Waals surface area contributed by atoms with Gasteiger partial charge in [0.1, 0.15) is 5.75 Å². The molecule has 0 radical (unpaired) electrons. The van der Waals surface area contributed by atoms with Crippen LogP contribution in [0.3, 0.4) is 0 Å². The van der Waals surface area contributed by atoms with Crippen LogP contribution in [0.4, 0.5) is 0 Å². The Morgan fingerprint density at radius 1 is 1.45 bits per heavy atom. The Morgan fingerprint density at radius 3 is 2.18 bits per heavy atom. The maximum atomic E-state index is 11.2. The second-order valence-corrected chi connectivity index (χ2v) is 5.45. The van der Waals surface area contributed by atoms with Gasteiger partial charge < -0.3 is 4.55 Å². The van der Waals surface area contributed by atoms with Gasteiger partial charge >= 0.3 is 0 Å². The van der Waals surface area contributed by atoms with Crippen LogP contribution >= 0.6 is 0 Å². The minimum Gasteiger partial charge on any atom is -0.616 e. The van der Waals surface area contributed by atoms with Gasteiger partial charge in [-0.3, -0.25) is 4.79 Å². The summed E-state index contributed by atoms with van der Waals surface area (Å²) in [6.07, 6.45) is 0. The Balaban J connectivity index is 3.69. The summed E-state index contributed by atoms with van der Waals surface area (Å²) in [6, 6.07) is 0. The third kappa shape index (κ3) is 7.88. The molecular formula is C8H16O2S. The van der Waals surface area contributed by atoms with Crippen molar-refractivity contribution in [1.29, 1.82) is 0 Å². The molecule has 0 aromatic carbocycles. The summed E-state index contributed by atoms with van der Waals surface area (Å²) < 4.78 is 11.2. The monoisotopic (exact) mass is 176 g/mol. The van der Waals surface area contributed by atoms with Crippen LogP contribution in [0.2, 0.25) is 0 Å². The molecule has 0 N–H and O–H groups in total. The highest BCUT2D eigenvalue weighted by Gasteiger charge is 2.20. The molecule has 0 aliphatic rings. The van der Waals surface area contributed by atoms with Gasteiger partial charge in [-0.15, -0.1) is 0 Å². The van der Waals surface area contributed by atoms with E-state index in [9.17, 15) is 9.35 Å². The van der Waals surface area contributed by atoms with Gasteiger partial charge in [0.05, 0.1) is 0 Å². The number of carbonyl (C=O) groups excluding carboxylic acids is 1. The zero-order valence-electron chi connectivity index (χ0n) is 7.64. The van der Waals surface area contributed by atoms with Gasteiger partial charge in [0.25, 0.3) is 0 Å². The standard InChI is InChI=1S/C8H16O2S/c1-7(9)5-11(10)6-8(2,3)4/h5-6H2,1-4H3. The van der Waals surface area contributed by atoms with E-state index >= 15 is 0 Å². The number of carbonyl (C=O) groups is 1. The van der Waals surface area contributed by atoms with Gasteiger partial charge in [0.15, 0.2) is 11.5 Å². The summed E-state index contributed by atoms with van der Waals surface area (Å²) in [5.41, 5.74) is 0.0559. The van der Waals surface area contributed by atoms with E-state index in [0.29, 0.717) is 5.75 Å². The van der Waals surface area contributed by atoms with E-state index in [2.05, 4.69) is 0 Å². The van der Waals surface area contributed by atoms with Crippen LogP contribution in [0.5, 0.6) is 0 Å². The summed E-state index contributed by atoms with van der Waals surface area (Å²) in [5, 5.41) is 0. The molecule has 0 rings (SSSR count). The largest absolute Gasteiger partial charge is 0.616 e. The Morgan fingerprint density at radius 2 is 1.91 bits per heavy atom. The topological polar surface area (TPSA) is 40.1 Å². The van der Waals surface area contributed by atoms with Crippen LogP contribution in [-0.2, 0) is 16.0 Å². The van der Waals surface area contributed by atoms with Crippen LogP contribution in [0, 0.1) is 5.41 Å².